The molecule has 6 heteroatoms. The summed E-state index contributed by atoms with van der Waals surface area (Å²) in [6.07, 6.45) is -1.87. The van der Waals surface area contributed by atoms with Crippen LogP contribution < -0.4 is 9.47 Å². The second-order valence-corrected chi connectivity index (χ2v) is 6.80. The molecular weight excluding hydrogens is 367 g/mol. The van der Waals surface area contributed by atoms with E-state index in [1.165, 1.54) is 12.1 Å². The van der Waals surface area contributed by atoms with Crippen LogP contribution in [-0.4, -0.2) is 18.2 Å². The maximum absolute atomic E-state index is 12.6. The number of pyridine rings is 1. The lowest BCUT2D eigenvalue weighted by Crippen LogP contribution is -2.07. The molecule has 0 amide bonds. The van der Waals surface area contributed by atoms with E-state index in [1.54, 1.807) is 0 Å². The Balaban J connectivity index is 1.55. The Morgan fingerprint density at radius 3 is 2.29 bits per heavy atom. The third kappa shape index (κ3) is 4.55. The number of fused-ring (bicyclic) bond motifs is 1. The van der Waals surface area contributed by atoms with Crippen LogP contribution in [0.2, 0.25) is 0 Å². The lowest BCUT2D eigenvalue weighted by Gasteiger charge is -2.15. The number of benzene rings is 2. The molecule has 2 aromatic carbocycles. The van der Waals surface area contributed by atoms with E-state index < -0.39 is 11.7 Å². The van der Waals surface area contributed by atoms with Crippen molar-refractivity contribution in [3.8, 4) is 11.5 Å². The molecule has 3 rings (SSSR count). The Kier molecular flexibility index (Phi) is 5.77. The Morgan fingerprint density at radius 1 is 0.929 bits per heavy atom. The van der Waals surface area contributed by atoms with Crippen molar-refractivity contribution < 1.29 is 22.6 Å². The summed E-state index contributed by atoms with van der Waals surface area (Å²) in [6, 6.07) is 8.80. The smallest absolute Gasteiger partial charge is 0.416 e. The largest absolute Gasteiger partial charge is 0.493 e. The Labute approximate surface area is 162 Å². The van der Waals surface area contributed by atoms with Crippen LogP contribution >= 0.6 is 0 Å². The van der Waals surface area contributed by atoms with Crippen molar-refractivity contribution in [2.75, 3.05) is 13.2 Å². The molecule has 0 unspecified atom stereocenters. The van der Waals surface area contributed by atoms with E-state index in [1.807, 2.05) is 33.0 Å². The molecule has 0 aliphatic carbocycles. The summed E-state index contributed by atoms with van der Waals surface area (Å²) in [4.78, 5) is 4.46. The summed E-state index contributed by atoms with van der Waals surface area (Å²) in [5.74, 6) is 1.25. The first-order valence-electron chi connectivity index (χ1n) is 9.05. The molecule has 0 N–H and O–H groups in total. The molecule has 1 aromatic heterocycles. The van der Waals surface area contributed by atoms with Gasteiger partial charge in [-0.1, -0.05) is 0 Å². The molecule has 148 valence electrons. The van der Waals surface area contributed by atoms with Crippen molar-refractivity contribution in [3.05, 3.63) is 64.8 Å². The van der Waals surface area contributed by atoms with E-state index in [9.17, 15) is 13.2 Å². The Hall–Kier alpha value is -2.76. The fraction of sp³-hybridized carbons (Fsp3) is 0.318. The van der Waals surface area contributed by atoms with Crippen LogP contribution in [0.1, 0.15) is 28.7 Å². The van der Waals surface area contributed by atoms with E-state index in [0.717, 1.165) is 45.5 Å². The van der Waals surface area contributed by atoms with E-state index >= 15 is 0 Å². The van der Waals surface area contributed by atoms with Gasteiger partial charge in [-0.3, -0.25) is 4.98 Å². The fourth-order valence-corrected chi connectivity index (χ4v) is 3.07. The van der Waals surface area contributed by atoms with Gasteiger partial charge < -0.3 is 9.47 Å². The van der Waals surface area contributed by atoms with Gasteiger partial charge in [0.05, 0.1) is 24.3 Å². The molecule has 0 aliphatic heterocycles. The maximum atomic E-state index is 12.6. The van der Waals surface area contributed by atoms with Crippen molar-refractivity contribution in [2.24, 2.45) is 0 Å². The second-order valence-electron chi connectivity index (χ2n) is 6.80. The number of nitrogens with zero attached hydrogens (tertiary/aromatic N) is 1. The van der Waals surface area contributed by atoms with Crippen molar-refractivity contribution in [2.45, 2.75) is 33.4 Å². The number of rotatable bonds is 6. The maximum Gasteiger partial charge on any atom is 0.416 e. The van der Waals surface area contributed by atoms with Crippen LogP contribution in [-0.2, 0) is 6.18 Å². The molecule has 0 saturated heterocycles. The first-order valence-corrected chi connectivity index (χ1v) is 9.05. The fourth-order valence-electron chi connectivity index (χ4n) is 3.07. The number of hydrogen-bond acceptors (Lipinski definition) is 3. The summed E-state index contributed by atoms with van der Waals surface area (Å²) in [6.45, 7) is 6.82. The Morgan fingerprint density at radius 2 is 1.61 bits per heavy atom. The minimum absolute atomic E-state index is 0.359. The van der Waals surface area contributed by atoms with Crippen LogP contribution in [0.3, 0.4) is 0 Å². The molecule has 28 heavy (non-hydrogen) atoms. The first-order chi connectivity index (χ1) is 13.3. The normalized spacial score (nSPS) is 11.6. The molecular formula is C22H22F3NO2. The van der Waals surface area contributed by atoms with E-state index in [4.69, 9.17) is 9.47 Å². The summed E-state index contributed by atoms with van der Waals surface area (Å²) in [5, 5.41) is 1.07. The highest BCUT2D eigenvalue weighted by Crippen LogP contribution is 2.31. The highest BCUT2D eigenvalue weighted by molar-refractivity contribution is 5.86. The molecule has 0 aliphatic rings. The van der Waals surface area contributed by atoms with Gasteiger partial charge in [0.25, 0.3) is 0 Å². The van der Waals surface area contributed by atoms with Crippen LogP contribution in [0.15, 0.2) is 42.6 Å². The molecule has 0 atom stereocenters. The highest BCUT2D eigenvalue weighted by Gasteiger charge is 2.29. The predicted molar refractivity (Wildman–Crippen MR) is 103 cm³/mol. The SMILES string of the molecule is Cc1cnc2cc(C)c(OCCCOc3ccc(C(F)(F)F)cc3)c(C)c2c1. The first kappa shape index (κ1) is 20.0. The number of halogens is 3. The quantitative estimate of drug-likeness (QED) is 0.483. The zero-order valence-electron chi connectivity index (χ0n) is 16.1. The molecule has 0 spiro atoms. The van der Waals surface area contributed by atoms with Crippen molar-refractivity contribution >= 4 is 10.9 Å². The van der Waals surface area contributed by atoms with Crippen LogP contribution in [0.5, 0.6) is 11.5 Å². The van der Waals surface area contributed by atoms with Crippen molar-refractivity contribution in [1.82, 2.24) is 4.98 Å². The molecule has 0 bridgehead atoms. The monoisotopic (exact) mass is 389 g/mol. The molecule has 0 saturated carbocycles. The van der Waals surface area contributed by atoms with Gasteiger partial charge in [-0.25, -0.2) is 0 Å². The van der Waals surface area contributed by atoms with Gasteiger partial charge in [0.1, 0.15) is 11.5 Å². The Bertz CT molecular complexity index is 966. The number of ether oxygens (including phenoxy) is 2. The third-order valence-electron chi connectivity index (χ3n) is 4.50. The lowest BCUT2D eigenvalue weighted by molar-refractivity contribution is -0.137. The average Bonchev–Trinajstić information content (AvgIpc) is 2.64. The summed E-state index contributed by atoms with van der Waals surface area (Å²) in [5.41, 5.74) is 3.42. The van der Waals surface area contributed by atoms with Gasteiger partial charge in [-0.2, -0.15) is 13.2 Å². The molecule has 0 radical (unpaired) electrons. The van der Waals surface area contributed by atoms with E-state index in [0.29, 0.717) is 25.4 Å². The molecule has 1 heterocycles. The topological polar surface area (TPSA) is 31.4 Å². The minimum Gasteiger partial charge on any atom is -0.493 e. The predicted octanol–water partition coefficient (Wildman–Crippen LogP) is 6.03. The van der Waals surface area contributed by atoms with Gasteiger partial charge in [-0.15, -0.1) is 0 Å². The molecule has 3 nitrogen and oxygen atoms in total. The van der Waals surface area contributed by atoms with Crippen molar-refractivity contribution in [3.63, 3.8) is 0 Å². The van der Waals surface area contributed by atoms with Gasteiger partial charge >= 0.3 is 6.18 Å². The molecule has 0 fully saturated rings. The lowest BCUT2D eigenvalue weighted by atomic mass is 10.0. The summed E-state index contributed by atoms with van der Waals surface area (Å²) >= 11 is 0. The number of aryl methyl sites for hydroxylation is 3. The molecule has 3 aromatic rings. The van der Waals surface area contributed by atoms with Gasteiger partial charge in [0.2, 0.25) is 0 Å². The van der Waals surface area contributed by atoms with E-state index in [-0.39, 0.29) is 0 Å². The van der Waals surface area contributed by atoms with Crippen LogP contribution in [0.25, 0.3) is 10.9 Å². The van der Waals surface area contributed by atoms with Gasteiger partial charge in [0, 0.05) is 23.6 Å². The third-order valence-corrected chi connectivity index (χ3v) is 4.50. The zero-order valence-corrected chi connectivity index (χ0v) is 16.1. The van der Waals surface area contributed by atoms with Crippen LogP contribution in [0.4, 0.5) is 13.2 Å². The summed E-state index contributed by atoms with van der Waals surface area (Å²) in [7, 11) is 0. The van der Waals surface area contributed by atoms with Crippen LogP contribution in [0, 0.1) is 20.8 Å². The van der Waals surface area contributed by atoms with Gasteiger partial charge in [-0.05, 0) is 68.3 Å². The average molecular weight is 389 g/mol. The standard InChI is InChI=1S/C22H22F3NO2/c1-14-11-19-16(3)21(15(2)12-20(19)26-13-14)28-10-4-9-27-18-7-5-17(6-8-18)22(23,24)25/h5-8,11-13H,4,9-10H2,1-3H3. The zero-order chi connectivity index (χ0) is 20.3. The number of alkyl halides is 3. The van der Waals surface area contributed by atoms with E-state index in [2.05, 4.69) is 11.1 Å². The number of aromatic nitrogens is 1. The minimum atomic E-state index is -4.34. The summed E-state index contributed by atoms with van der Waals surface area (Å²) < 4.78 is 49.1. The van der Waals surface area contributed by atoms with Crippen molar-refractivity contribution in [1.29, 1.82) is 0 Å². The second kappa shape index (κ2) is 8.09. The number of hydrogen-bond donors (Lipinski definition) is 0. The van der Waals surface area contributed by atoms with Gasteiger partial charge in [0.15, 0.2) is 0 Å². The highest BCUT2D eigenvalue weighted by atomic mass is 19.4.